The number of aliphatic hydroxyl groups is 1. The van der Waals surface area contributed by atoms with Crippen LogP contribution in [-0.4, -0.2) is 43.5 Å². The number of benzene rings is 1. The van der Waals surface area contributed by atoms with E-state index in [-0.39, 0.29) is 6.61 Å². The molecule has 0 aromatic heterocycles. The first-order valence-corrected chi connectivity index (χ1v) is 6.75. The minimum atomic E-state index is 0.0625. The van der Waals surface area contributed by atoms with Gasteiger partial charge in [-0.15, -0.1) is 0 Å². The van der Waals surface area contributed by atoms with E-state index in [1.165, 1.54) is 0 Å². The summed E-state index contributed by atoms with van der Waals surface area (Å²) in [6, 6.07) is 5.74. The van der Waals surface area contributed by atoms with Crippen molar-refractivity contribution in [1.82, 2.24) is 0 Å². The average Bonchev–Trinajstić information content (AvgIpc) is 2.33. The first-order valence-electron chi connectivity index (χ1n) is 5.55. The molecule has 1 rings (SSSR count). The Bertz CT molecular complexity index is 415. The zero-order valence-corrected chi connectivity index (χ0v) is 12.6. The van der Waals surface area contributed by atoms with E-state index in [9.17, 15) is 0 Å². The minimum Gasteiger partial charge on any atom is -0.395 e. The molecule has 18 heavy (non-hydrogen) atoms. The highest BCUT2D eigenvalue weighted by atomic mass is 79.9. The fourth-order valence-electron chi connectivity index (χ4n) is 1.70. The van der Waals surface area contributed by atoms with Gasteiger partial charge >= 0.3 is 0 Å². The molecule has 100 valence electrons. The number of nitrogens with two attached hydrogens (primary N) is 1. The fourth-order valence-corrected chi connectivity index (χ4v) is 2.61. The molecule has 0 saturated carbocycles. The van der Waals surface area contributed by atoms with Crippen molar-refractivity contribution in [3.05, 3.63) is 28.2 Å². The monoisotopic (exact) mass is 332 g/mol. The van der Waals surface area contributed by atoms with Crippen LogP contribution >= 0.6 is 28.1 Å². The van der Waals surface area contributed by atoms with Crippen molar-refractivity contribution in [2.75, 3.05) is 38.3 Å². The predicted octanol–water partition coefficient (Wildman–Crippen LogP) is 1.53. The first-order chi connectivity index (χ1) is 8.61. The van der Waals surface area contributed by atoms with Gasteiger partial charge in [-0.2, -0.15) is 0 Å². The summed E-state index contributed by atoms with van der Waals surface area (Å²) in [6.07, 6.45) is 0. The van der Waals surface area contributed by atoms with E-state index in [0.717, 1.165) is 15.7 Å². The lowest BCUT2D eigenvalue weighted by Gasteiger charge is -2.26. The van der Waals surface area contributed by atoms with Gasteiger partial charge in [0.05, 0.1) is 13.2 Å². The van der Waals surface area contributed by atoms with Crippen molar-refractivity contribution in [2.24, 2.45) is 5.73 Å². The summed E-state index contributed by atoms with van der Waals surface area (Å²) in [7, 11) is 1.65. The maximum absolute atomic E-state index is 9.14. The summed E-state index contributed by atoms with van der Waals surface area (Å²) in [5, 5.41) is 9.14. The van der Waals surface area contributed by atoms with Crippen LogP contribution in [0.3, 0.4) is 0 Å². The van der Waals surface area contributed by atoms with Crippen molar-refractivity contribution < 1.29 is 9.84 Å². The largest absolute Gasteiger partial charge is 0.395 e. The Morgan fingerprint density at radius 2 is 2.22 bits per heavy atom. The van der Waals surface area contributed by atoms with Crippen LogP contribution in [0.15, 0.2) is 22.7 Å². The van der Waals surface area contributed by atoms with E-state index in [1.54, 1.807) is 7.11 Å². The van der Waals surface area contributed by atoms with Gasteiger partial charge in [0.15, 0.2) is 0 Å². The number of nitrogens with zero attached hydrogens (tertiary/aromatic N) is 1. The second-order valence-electron chi connectivity index (χ2n) is 3.70. The lowest BCUT2D eigenvalue weighted by atomic mass is 10.1. The van der Waals surface area contributed by atoms with E-state index < -0.39 is 0 Å². The summed E-state index contributed by atoms with van der Waals surface area (Å²) in [6.45, 7) is 1.81. The quantitative estimate of drug-likeness (QED) is 0.741. The number of hydrogen-bond acceptors (Lipinski definition) is 4. The average molecular weight is 333 g/mol. The smallest absolute Gasteiger partial charge is 0.107 e. The van der Waals surface area contributed by atoms with Crippen molar-refractivity contribution in [2.45, 2.75) is 0 Å². The summed E-state index contributed by atoms with van der Waals surface area (Å²) in [5.41, 5.74) is 7.45. The molecule has 0 aliphatic heterocycles. The van der Waals surface area contributed by atoms with Crippen molar-refractivity contribution in [3.63, 3.8) is 0 Å². The molecule has 0 unspecified atom stereocenters. The number of anilines is 1. The van der Waals surface area contributed by atoms with Crippen molar-refractivity contribution in [3.8, 4) is 0 Å². The number of thiocarbonyl (C=S) groups is 1. The summed E-state index contributed by atoms with van der Waals surface area (Å²) in [5.74, 6) is 0. The van der Waals surface area contributed by atoms with Gasteiger partial charge in [-0.25, -0.2) is 0 Å². The first kappa shape index (κ1) is 15.4. The van der Waals surface area contributed by atoms with E-state index in [4.69, 9.17) is 27.8 Å². The van der Waals surface area contributed by atoms with Crippen LogP contribution < -0.4 is 10.6 Å². The molecule has 0 fully saturated rings. The number of ether oxygens (including phenoxy) is 1. The van der Waals surface area contributed by atoms with Gasteiger partial charge < -0.3 is 20.5 Å². The molecule has 0 heterocycles. The molecule has 3 N–H and O–H groups in total. The minimum absolute atomic E-state index is 0.0625. The lowest BCUT2D eigenvalue weighted by molar-refractivity contribution is 0.203. The van der Waals surface area contributed by atoms with Gasteiger partial charge in [0.1, 0.15) is 4.99 Å². The van der Waals surface area contributed by atoms with Crippen LogP contribution in [0.2, 0.25) is 0 Å². The number of hydrogen-bond donors (Lipinski definition) is 2. The molecule has 1 aromatic rings. The molecule has 0 atom stereocenters. The Balaban J connectivity index is 3.10. The summed E-state index contributed by atoms with van der Waals surface area (Å²) >= 11 is 8.53. The van der Waals surface area contributed by atoms with Gasteiger partial charge in [0.2, 0.25) is 0 Å². The maximum Gasteiger partial charge on any atom is 0.107 e. The Kier molecular flexibility index (Phi) is 6.56. The number of aliphatic hydroxyl groups excluding tert-OH is 1. The predicted molar refractivity (Wildman–Crippen MR) is 81.2 cm³/mol. The third-order valence-electron chi connectivity index (χ3n) is 2.51. The second-order valence-corrected chi connectivity index (χ2v) is 5.00. The molecule has 0 radical (unpaired) electrons. The SMILES string of the molecule is COCCN(CCO)c1cccc(Br)c1C(N)=S. The van der Waals surface area contributed by atoms with Gasteiger partial charge in [-0.05, 0) is 28.1 Å². The normalized spacial score (nSPS) is 10.4. The van der Waals surface area contributed by atoms with E-state index in [1.807, 2.05) is 23.1 Å². The van der Waals surface area contributed by atoms with Crippen LogP contribution in [0, 0.1) is 0 Å². The molecule has 0 amide bonds. The van der Waals surface area contributed by atoms with Gasteiger partial charge in [-0.3, -0.25) is 0 Å². The van der Waals surface area contributed by atoms with Crippen LogP contribution in [-0.2, 0) is 4.74 Å². The molecule has 6 heteroatoms. The van der Waals surface area contributed by atoms with Crippen LogP contribution in [0.4, 0.5) is 5.69 Å². The van der Waals surface area contributed by atoms with Gasteiger partial charge in [0.25, 0.3) is 0 Å². The van der Waals surface area contributed by atoms with Crippen LogP contribution in [0.25, 0.3) is 0 Å². The number of methoxy groups -OCH3 is 1. The van der Waals surface area contributed by atoms with Crippen molar-refractivity contribution >= 4 is 38.8 Å². The third kappa shape index (κ3) is 3.91. The fraction of sp³-hybridized carbons (Fsp3) is 0.417. The molecule has 0 saturated heterocycles. The van der Waals surface area contributed by atoms with Crippen LogP contribution in [0.5, 0.6) is 0 Å². The zero-order chi connectivity index (χ0) is 13.5. The molecule has 0 bridgehead atoms. The molecule has 0 spiro atoms. The highest BCUT2D eigenvalue weighted by Crippen LogP contribution is 2.27. The Morgan fingerprint density at radius 1 is 1.50 bits per heavy atom. The number of rotatable bonds is 7. The summed E-state index contributed by atoms with van der Waals surface area (Å²) in [4.78, 5) is 2.33. The highest BCUT2D eigenvalue weighted by molar-refractivity contribution is 9.10. The van der Waals surface area contributed by atoms with Crippen molar-refractivity contribution in [1.29, 1.82) is 0 Å². The molecular weight excluding hydrogens is 316 g/mol. The Labute approximate surface area is 121 Å². The van der Waals surface area contributed by atoms with Gasteiger partial charge in [-0.1, -0.05) is 18.3 Å². The van der Waals surface area contributed by atoms with Gasteiger partial charge in [0, 0.05) is 35.9 Å². The van der Waals surface area contributed by atoms with E-state index in [0.29, 0.717) is 24.7 Å². The highest BCUT2D eigenvalue weighted by Gasteiger charge is 2.15. The Hall–Kier alpha value is -0.690. The maximum atomic E-state index is 9.14. The molecule has 0 aliphatic carbocycles. The summed E-state index contributed by atoms with van der Waals surface area (Å²) < 4.78 is 5.93. The zero-order valence-electron chi connectivity index (χ0n) is 10.2. The number of halogens is 1. The van der Waals surface area contributed by atoms with Crippen LogP contribution in [0.1, 0.15) is 5.56 Å². The Morgan fingerprint density at radius 3 is 2.78 bits per heavy atom. The van der Waals surface area contributed by atoms with E-state index >= 15 is 0 Å². The van der Waals surface area contributed by atoms with E-state index in [2.05, 4.69) is 15.9 Å². The lowest BCUT2D eigenvalue weighted by Crippen LogP contribution is -2.32. The second kappa shape index (κ2) is 7.68. The molecule has 1 aromatic carbocycles. The molecule has 4 nitrogen and oxygen atoms in total. The third-order valence-corrected chi connectivity index (χ3v) is 3.38. The topological polar surface area (TPSA) is 58.7 Å². The standard InChI is InChI=1S/C12H17BrN2O2S/c1-17-8-6-15(5-7-16)10-4-2-3-9(13)11(10)12(14)18/h2-4,16H,5-8H2,1H3,(H2,14,18). The molecular formula is C12H17BrN2O2S. The molecule has 0 aliphatic rings.